The van der Waals surface area contributed by atoms with Crippen LogP contribution in [0.3, 0.4) is 0 Å². The number of esters is 1. The van der Waals surface area contributed by atoms with E-state index in [2.05, 4.69) is 5.32 Å². The van der Waals surface area contributed by atoms with Crippen LogP contribution in [0.5, 0.6) is 28.7 Å². The first-order chi connectivity index (χ1) is 16.7. The van der Waals surface area contributed by atoms with Crippen LogP contribution in [0, 0.1) is 13.8 Å². The van der Waals surface area contributed by atoms with Gasteiger partial charge in [0.15, 0.2) is 17.2 Å². The number of aromatic hydroxyl groups is 2. The molecule has 0 unspecified atom stereocenters. The summed E-state index contributed by atoms with van der Waals surface area (Å²) in [7, 11) is 0. The van der Waals surface area contributed by atoms with E-state index >= 15 is 0 Å². The molecule has 0 atom stereocenters. The number of nitrogens with one attached hydrogen (secondary N) is 1. The van der Waals surface area contributed by atoms with E-state index in [0.29, 0.717) is 5.56 Å². The van der Waals surface area contributed by atoms with Crippen LogP contribution in [-0.4, -0.2) is 33.9 Å². The molecule has 0 saturated heterocycles. The van der Waals surface area contributed by atoms with Gasteiger partial charge in [-0.2, -0.15) is 0 Å². The van der Waals surface area contributed by atoms with Gasteiger partial charge in [0, 0.05) is 24.4 Å². The lowest BCUT2D eigenvalue weighted by Crippen LogP contribution is -2.13. The molecule has 9 heteroatoms. The van der Waals surface area contributed by atoms with Gasteiger partial charge >= 0.3 is 11.9 Å². The zero-order valence-corrected chi connectivity index (χ0v) is 19.5. The zero-order chi connectivity index (χ0) is 25.3. The first-order valence-electron chi connectivity index (χ1n) is 11.0. The van der Waals surface area contributed by atoms with Gasteiger partial charge in [-0.05, 0) is 44.5 Å². The summed E-state index contributed by atoms with van der Waals surface area (Å²) >= 11 is 0. The Morgan fingerprint density at radius 3 is 2.40 bits per heavy atom. The van der Waals surface area contributed by atoms with Crippen molar-refractivity contribution >= 4 is 17.6 Å². The molecule has 35 heavy (non-hydrogen) atoms. The number of carbonyl (C=O) groups excluding carboxylic acids is 1. The first-order valence-corrected chi connectivity index (χ1v) is 11.0. The maximum absolute atomic E-state index is 13.3. The molecule has 1 heterocycles. The smallest absolute Gasteiger partial charge is 0.347 e. The van der Waals surface area contributed by atoms with Gasteiger partial charge in [0.2, 0.25) is 0 Å². The number of benzene rings is 3. The van der Waals surface area contributed by atoms with Crippen molar-refractivity contribution in [2.24, 2.45) is 0 Å². The molecule has 182 valence electrons. The van der Waals surface area contributed by atoms with Crippen molar-refractivity contribution in [3.63, 3.8) is 0 Å². The Bertz CT molecular complexity index is 1320. The normalized spacial score (nSPS) is 12.1. The molecule has 3 aromatic carbocycles. The Balaban J connectivity index is 1.91. The average molecular weight is 479 g/mol. The van der Waals surface area contributed by atoms with Crippen LogP contribution in [-0.2, 0) is 17.9 Å². The minimum Gasteiger partial charge on any atom is -0.507 e. The molecule has 0 aliphatic carbocycles. The molecule has 3 aromatic rings. The maximum atomic E-state index is 13.3. The third-order valence-electron chi connectivity index (χ3n) is 5.79. The summed E-state index contributed by atoms with van der Waals surface area (Å²) in [5, 5.41) is 34.4. The molecule has 0 spiro atoms. The summed E-state index contributed by atoms with van der Waals surface area (Å²) in [4.78, 5) is 25.2. The van der Waals surface area contributed by atoms with Gasteiger partial charge in [-0.1, -0.05) is 18.2 Å². The van der Waals surface area contributed by atoms with Gasteiger partial charge in [0.1, 0.15) is 22.6 Å². The number of rotatable bonds is 7. The molecule has 0 amide bonds. The molecule has 1 aliphatic heterocycles. The van der Waals surface area contributed by atoms with Gasteiger partial charge in [-0.15, -0.1) is 0 Å². The van der Waals surface area contributed by atoms with E-state index < -0.39 is 23.3 Å². The maximum Gasteiger partial charge on any atom is 0.347 e. The van der Waals surface area contributed by atoms with E-state index in [1.165, 1.54) is 13.0 Å². The van der Waals surface area contributed by atoms with Gasteiger partial charge in [0.25, 0.3) is 0 Å². The van der Waals surface area contributed by atoms with Gasteiger partial charge in [-0.3, -0.25) is 0 Å². The van der Waals surface area contributed by atoms with E-state index in [1.807, 2.05) is 30.3 Å². The quantitative estimate of drug-likeness (QED) is 0.276. The molecule has 0 aromatic heterocycles. The number of phenols is 2. The lowest BCUT2D eigenvalue weighted by Gasteiger charge is -2.19. The van der Waals surface area contributed by atoms with Crippen LogP contribution in [0.2, 0.25) is 0 Å². The fraction of sp³-hybridized carbons (Fsp3) is 0.231. The van der Waals surface area contributed by atoms with Gasteiger partial charge in [-0.25, -0.2) is 9.59 Å². The van der Waals surface area contributed by atoms with Crippen molar-refractivity contribution in [1.29, 1.82) is 0 Å². The number of ether oxygens (including phenoxy) is 3. The number of carboxylic acids is 1. The van der Waals surface area contributed by atoms with Crippen molar-refractivity contribution in [3.05, 3.63) is 69.8 Å². The second-order valence-electron chi connectivity index (χ2n) is 8.03. The number of para-hydroxylation sites is 1. The average Bonchev–Trinajstić information content (AvgIpc) is 2.96. The van der Waals surface area contributed by atoms with Crippen molar-refractivity contribution in [1.82, 2.24) is 0 Å². The number of hydrogen-bond donors (Lipinski definition) is 4. The number of hydrogen-bond acceptors (Lipinski definition) is 8. The summed E-state index contributed by atoms with van der Waals surface area (Å²) < 4.78 is 17.2. The second-order valence-corrected chi connectivity index (χ2v) is 8.03. The minimum atomic E-state index is -1.38. The van der Waals surface area contributed by atoms with Gasteiger partial charge in [0.05, 0.1) is 17.7 Å². The van der Waals surface area contributed by atoms with E-state index in [4.69, 9.17) is 14.2 Å². The van der Waals surface area contributed by atoms with Crippen molar-refractivity contribution in [3.8, 4) is 28.7 Å². The summed E-state index contributed by atoms with van der Waals surface area (Å²) in [6.45, 7) is 4.99. The Morgan fingerprint density at radius 2 is 1.74 bits per heavy atom. The molecular formula is C26H25NO8. The van der Waals surface area contributed by atoms with Gasteiger partial charge < -0.3 is 34.8 Å². The zero-order valence-electron chi connectivity index (χ0n) is 19.5. The molecule has 0 saturated carbocycles. The summed E-state index contributed by atoms with van der Waals surface area (Å²) in [6.07, 6.45) is 0. The molecule has 9 nitrogen and oxygen atoms in total. The highest BCUT2D eigenvalue weighted by Gasteiger charge is 2.35. The first kappa shape index (κ1) is 23.9. The van der Waals surface area contributed by atoms with Crippen molar-refractivity contribution < 1.29 is 39.1 Å². The Morgan fingerprint density at radius 1 is 1.03 bits per heavy atom. The highest BCUT2D eigenvalue weighted by Crippen LogP contribution is 2.50. The largest absolute Gasteiger partial charge is 0.507 e. The van der Waals surface area contributed by atoms with Crippen LogP contribution in [0.25, 0.3) is 0 Å². The molecule has 4 N–H and O–H groups in total. The van der Waals surface area contributed by atoms with Crippen LogP contribution < -0.4 is 14.8 Å². The summed E-state index contributed by atoms with van der Waals surface area (Å²) in [5.41, 5.74) is 1.22. The third-order valence-corrected chi connectivity index (χ3v) is 5.79. The van der Waals surface area contributed by atoms with E-state index in [0.717, 1.165) is 5.69 Å². The predicted molar refractivity (Wildman–Crippen MR) is 127 cm³/mol. The molecule has 0 fully saturated rings. The number of phenolic OH excluding ortho intramolecular Hbond substituents is 1. The Kier molecular flexibility index (Phi) is 6.52. The standard InChI is InChI=1S/C26H25NO8/c1-4-33-12-17-21(29)20(25(30)31)14(3)22-24(17)35-26(32)19-13(2)10-18(28)16(23(19)34-22)11-27-15-8-6-5-7-9-15/h5-10,27-29H,4,11-12H2,1-3H3,(H,30,31). The third kappa shape index (κ3) is 4.33. The lowest BCUT2D eigenvalue weighted by atomic mass is 10.00. The number of carboxylic acid groups (broad SMARTS) is 1. The number of anilines is 1. The number of carbonyl (C=O) groups is 2. The molecule has 4 rings (SSSR count). The number of aryl methyl sites for hydroxylation is 1. The van der Waals surface area contributed by atoms with E-state index in [9.17, 15) is 24.9 Å². The SMILES string of the molecule is CCOCc1c(O)c(C(=O)O)c(C)c2c1OC(=O)c1c(C)cc(O)c(CNc3ccccc3)c1O2. The number of aromatic carboxylic acids is 1. The summed E-state index contributed by atoms with van der Waals surface area (Å²) in [5.74, 6) is -2.94. The molecular weight excluding hydrogens is 454 g/mol. The fourth-order valence-corrected chi connectivity index (χ4v) is 4.03. The minimum absolute atomic E-state index is 0.0168. The van der Waals surface area contributed by atoms with E-state index in [1.54, 1.807) is 13.8 Å². The molecule has 0 bridgehead atoms. The molecule has 1 aliphatic rings. The topological polar surface area (TPSA) is 135 Å². The monoisotopic (exact) mass is 479 g/mol. The van der Waals surface area contributed by atoms with Crippen molar-refractivity contribution in [2.75, 3.05) is 11.9 Å². The fourth-order valence-electron chi connectivity index (χ4n) is 4.03. The Labute approximate surface area is 201 Å². The van der Waals surface area contributed by atoms with Crippen LogP contribution >= 0.6 is 0 Å². The van der Waals surface area contributed by atoms with Crippen LogP contribution in [0.4, 0.5) is 5.69 Å². The Hall–Kier alpha value is -4.24. The highest BCUT2D eigenvalue weighted by molar-refractivity contribution is 6.00. The highest BCUT2D eigenvalue weighted by atomic mass is 16.6. The van der Waals surface area contributed by atoms with Crippen LogP contribution in [0.1, 0.15) is 49.9 Å². The van der Waals surface area contributed by atoms with Crippen LogP contribution in [0.15, 0.2) is 36.4 Å². The van der Waals surface area contributed by atoms with Crippen molar-refractivity contribution in [2.45, 2.75) is 33.9 Å². The summed E-state index contributed by atoms with van der Waals surface area (Å²) in [6, 6.07) is 10.7. The predicted octanol–water partition coefficient (Wildman–Crippen LogP) is 4.89. The second kappa shape index (κ2) is 9.55. The lowest BCUT2D eigenvalue weighted by molar-refractivity contribution is 0.0691. The van der Waals surface area contributed by atoms with E-state index in [-0.39, 0.29) is 65.0 Å². The number of fused-ring (bicyclic) bond motifs is 2. The molecule has 0 radical (unpaired) electrons.